The molecular weight excluding hydrogens is 353 g/mol. The fourth-order valence-corrected chi connectivity index (χ4v) is 4.48. The van der Waals surface area contributed by atoms with Gasteiger partial charge < -0.3 is 10.1 Å². The third kappa shape index (κ3) is 3.07. The number of hydrogen-bond acceptors (Lipinski definition) is 3. The van der Waals surface area contributed by atoms with Crippen molar-refractivity contribution in [3.05, 3.63) is 72.4 Å². The number of aliphatic hydroxyl groups is 1. The maximum Gasteiger partial charge on any atom is 0.123 e. The molecule has 2 atom stereocenters. The number of benzene rings is 1. The molecule has 0 radical (unpaired) electrons. The summed E-state index contributed by atoms with van der Waals surface area (Å²) in [6, 6.07) is 10.9. The Morgan fingerprint density at radius 2 is 1.86 bits per heavy atom. The van der Waals surface area contributed by atoms with Crippen LogP contribution in [0.3, 0.4) is 0 Å². The van der Waals surface area contributed by atoms with Gasteiger partial charge in [0.2, 0.25) is 0 Å². The Morgan fingerprint density at radius 3 is 2.64 bits per heavy atom. The predicted octanol–water partition coefficient (Wildman–Crippen LogP) is 4.11. The second-order valence-corrected chi connectivity index (χ2v) is 7.59. The molecule has 4 heterocycles. The zero-order valence-electron chi connectivity index (χ0n) is 15.5. The third-order valence-electron chi connectivity index (χ3n) is 5.82. The molecule has 0 saturated carbocycles. The number of nitrogens with one attached hydrogen (secondary N) is 1. The van der Waals surface area contributed by atoms with Crippen molar-refractivity contribution < 1.29 is 9.50 Å². The number of halogens is 1. The van der Waals surface area contributed by atoms with E-state index in [1.54, 1.807) is 24.5 Å². The average Bonchev–Trinajstić information content (AvgIpc) is 3.31. The molecule has 2 aliphatic rings. The lowest BCUT2D eigenvalue weighted by atomic mass is 9.90. The monoisotopic (exact) mass is 375 g/mol. The fraction of sp³-hybridized carbons (Fsp3) is 0.261. The molecule has 2 N–H and O–H groups in total. The van der Waals surface area contributed by atoms with E-state index in [-0.39, 0.29) is 11.9 Å². The van der Waals surface area contributed by atoms with Gasteiger partial charge in [0.05, 0.1) is 11.8 Å². The van der Waals surface area contributed by atoms with E-state index in [2.05, 4.69) is 27.1 Å². The molecule has 2 unspecified atom stereocenters. The van der Waals surface area contributed by atoms with Crippen LogP contribution in [0, 0.1) is 5.82 Å². The number of fused-ring (bicyclic) bond motifs is 1. The molecule has 1 aromatic carbocycles. The quantitative estimate of drug-likeness (QED) is 0.725. The van der Waals surface area contributed by atoms with Gasteiger partial charge in [-0.15, -0.1) is 0 Å². The highest BCUT2D eigenvalue weighted by Crippen LogP contribution is 2.40. The van der Waals surface area contributed by atoms with Gasteiger partial charge in [0.1, 0.15) is 5.82 Å². The van der Waals surface area contributed by atoms with Gasteiger partial charge in [0.25, 0.3) is 0 Å². The maximum absolute atomic E-state index is 13.4. The van der Waals surface area contributed by atoms with Crippen LogP contribution >= 0.6 is 0 Å². The van der Waals surface area contributed by atoms with E-state index in [1.165, 1.54) is 23.3 Å². The molecule has 0 aliphatic carbocycles. The number of aromatic nitrogens is 2. The van der Waals surface area contributed by atoms with Crippen LogP contribution in [-0.4, -0.2) is 45.2 Å². The Hall–Kier alpha value is -2.76. The van der Waals surface area contributed by atoms with Crippen molar-refractivity contribution in [2.24, 2.45) is 0 Å². The number of rotatable bonds is 3. The highest BCUT2D eigenvalue weighted by molar-refractivity contribution is 5.91. The molecule has 5 rings (SSSR count). The highest BCUT2D eigenvalue weighted by atomic mass is 19.1. The summed E-state index contributed by atoms with van der Waals surface area (Å²) in [5.74, 6) is -0.240. The largest absolute Gasteiger partial charge is 0.392 e. The summed E-state index contributed by atoms with van der Waals surface area (Å²) >= 11 is 0. The first kappa shape index (κ1) is 17.3. The average molecular weight is 375 g/mol. The Kier molecular flexibility index (Phi) is 4.34. The van der Waals surface area contributed by atoms with Crippen molar-refractivity contribution in [2.75, 3.05) is 13.1 Å². The van der Waals surface area contributed by atoms with E-state index < -0.39 is 0 Å². The van der Waals surface area contributed by atoms with Gasteiger partial charge in [-0.2, -0.15) is 0 Å². The SMILES string of the molecule is OC1CC2C=C(c3c[nH]c(-c4ccc(F)cc4)c3-c3ccncc3)CCN2C1. The van der Waals surface area contributed by atoms with Gasteiger partial charge in [0, 0.05) is 48.8 Å². The summed E-state index contributed by atoms with van der Waals surface area (Å²) in [6.07, 6.45) is 9.46. The van der Waals surface area contributed by atoms with Gasteiger partial charge >= 0.3 is 0 Å². The molecule has 142 valence electrons. The van der Waals surface area contributed by atoms with E-state index in [9.17, 15) is 9.50 Å². The second-order valence-electron chi connectivity index (χ2n) is 7.59. The van der Waals surface area contributed by atoms with Crippen LogP contribution in [0.5, 0.6) is 0 Å². The third-order valence-corrected chi connectivity index (χ3v) is 5.82. The molecular formula is C23H22FN3O. The number of hydrogen-bond donors (Lipinski definition) is 2. The Morgan fingerprint density at radius 1 is 1.07 bits per heavy atom. The van der Waals surface area contributed by atoms with Crippen molar-refractivity contribution in [2.45, 2.75) is 25.0 Å². The van der Waals surface area contributed by atoms with Crippen LogP contribution in [0.1, 0.15) is 18.4 Å². The zero-order valence-corrected chi connectivity index (χ0v) is 15.5. The molecule has 0 spiro atoms. The van der Waals surface area contributed by atoms with Crippen LogP contribution in [0.25, 0.3) is 28.0 Å². The Bertz CT molecular complexity index is 1010. The summed E-state index contributed by atoms with van der Waals surface area (Å²) in [6.45, 7) is 1.72. The molecule has 1 fully saturated rings. The maximum atomic E-state index is 13.4. The minimum atomic E-state index is -0.240. The van der Waals surface area contributed by atoms with E-state index in [0.29, 0.717) is 6.04 Å². The van der Waals surface area contributed by atoms with Crippen molar-refractivity contribution in [3.8, 4) is 22.4 Å². The number of aromatic amines is 1. The number of aliphatic hydroxyl groups excluding tert-OH is 1. The molecule has 2 aromatic heterocycles. The lowest BCUT2D eigenvalue weighted by Crippen LogP contribution is -2.32. The predicted molar refractivity (Wildman–Crippen MR) is 108 cm³/mol. The van der Waals surface area contributed by atoms with Crippen molar-refractivity contribution >= 4 is 5.57 Å². The lowest BCUT2D eigenvalue weighted by Gasteiger charge is -2.28. The fourth-order valence-electron chi connectivity index (χ4n) is 4.48. The standard InChI is InChI=1S/C23H22FN3O/c24-18-3-1-16(2-4-18)23-22(15-5-8-25-9-6-15)21(13-26-23)17-7-10-27-14-20(28)12-19(27)11-17/h1-6,8-9,11,13,19-20,26,28H,7,10,12,14H2. The normalized spacial score (nSPS) is 22.1. The topological polar surface area (TPSA) is 52.1 Å². The summed E-state index contributed by atoms with van der Waals surface area (Å²) < 4.78 is 13.4. The Balaban J connectivity index is 1.63. The second kappa shape index (κ2) is 7.00. The molecule has 4 nitrogen and oxygen atoms in total. The molecule has 3 aromatic rings. The lowest BCUT2D eigenvalue weighted by molar-refractivity contribution is 0.176. The van der Waals surface area contributed by atoms with Crippen molar-refractivity contribution in [1.82, 2.24) is 14.9 Å². The van der Waals surface area contributed by atoms with E-state index in [4.69, 9.17) is 0 Å². The molecule has 5 heteroatoms. The van der Waals surface area contributed by atoms with E-state index >= 15 is 0 Å². The molecule has 1 saturated heterocycles. The van der Waals surface area contributed by atoms with E-state index in [1.807, 2.05) is 12.1 Å². The molecule has 0 amide bonds. The Labute approximate surface area is 163 Å². The highest BCUT2D eigenvalue weighted by Gasteiger charge is 2.33. The first-order chi connectivity index (χ1) is 13.7. The van der Waals surface area contributed by atoms with E-state index in [0.717, 1.165) is 48.3 Å². The zero-order chi connectivity index (χ0) is 19.1. The summed E-state index contributed by atoms with van der Waals surface area (Å²) in [7, 11) is 0. The smallest absolute Gasteiger partial charge is 0.123 e. The van der Waals surface area contributed by atoms with Gasteiger partial charge in [0.15, 0.2) is 0 Å². The van der Waals surface area contributed by atoms with Crippen LogP contribution in [-0.2, 0) is 0 Å². The summed E-state index contributed by atoms with van der Waals surface area (Å²) in [5, 5.41) is 10.0. The van der Waals surface area contributed by atoms with Crippen molar-refractivity contribution in [3.63, 3.8) is 0 Å². The minimum absolute atomic E-state index is 0.235. The van der Waals surface area contributed by atoms with Crippen molar-refractivity contribution in [1.29, 1.82) is 0 Å². The van der Waals surface area contributed by atoms with Gasteiger partial charge in [-0.3, -0.25) is 9.88 Å². The first-order valence-corrected chi connectivity index (χ1v) is 9.70. The number of pyridine rings is 1. The molecule has 2 aliphatic heterocycles. The molecule has 28 heavy (non-hydrogen) atoms. The minimum Gasteiger partial charge on any atom is -0.392 e. The first-order valence-electron chi connectivity index (χ1n) is 9.70. The summed E-state index contributed by atoms with van der Waals surface area (Å²) in [5.41, 5.74) is 6.61. The number of H-pyrrole nitrogens is 1. The van der Waals surface area contributed by atoms with Gasteiger partial charge in [-0.1, -0.05) is 6.08 Å². The summed E-state index contributed by atoms with van der Waals surface area (Å²) in [4.78, 5) is 9.94. The van der Waals surface area contributed by atoms with Gasteiger partial charge in [-0.25, -0.2) is 4.39 Å². The van der Waals surface area contributed by atoms with Crippen LogP contribution in [0.15, 0.2) is 61.1 Å². The van der Waals surface area contributed by atoms with Crippen LogP contribution < -0.4 is 0 Å². The van der Waals surface area contributed by atoms with Crippen LogP contribution in [0.2, 0.25) is 0 Å². The van der Waals surface area contributed by atoms with Gasteiger partial charge in [-0.05, 0) is 65.9 Å². The number of nitrogens with zero attached hydrogens (tertiary/aromatic N) is 2. The van der Waals surface area contributed by atoms with Crippen LogP contribution in [0.4, 0.5) is 4.39 Å². The molecule has 0 bridgehead atoms.